The monoisotopic (exact) mass is 247 g/mol. The number of methoxy groups -OCH3 is 1. The van der Waals surface area contributed by atoms with Crippen molar-refractivity contribution in [2.24, 2.45) is 5.73 Å². The van der Waals surface area contributed by atoms with Crippen LogP contribution < -0.4 is 10.5 Å². The maximum atomic E-state index is 5.71. The van der Waals surface area contributed by atoms with Crippen molar-refractivity contribution in [1.29, 1.82) is 0 Å². The molecule has 0 saturated heterocycles. The molecule has 2 aromatic rings. The van der Waals surface area contributed by atoms with Crippen LogP contribution in [-0.4, -0.2) is 34.0 Å². The van der Waals surface area contributed by atoms with Crippen LogP contribution in [0.5, 0.6) is 5.88 Å². The fourth-order valence-corrected chi connectivity index (χ4v) is 1.75. The fraction of sp³-hybridized carbons (Fsp3) is 0.455. The van der Waals surface area contributed by atoms with Gasteiger partial charge in [-0.3, -0.25) is 0 Å². The highest BCUT2D eigenvalue weighted by Crippen LogP contribution is 2.46. The number of hydrogen-bond acceptors (Lipinski definition) is 7. The minimum atomic E-state index is -0.106. The van der Waals surface area contributed by atoms with E-state index >= 15 is 0 Å². The maximum absolute atomic E-state index is 5.71. The van der Waals surface area contributed by atoms with Gasteiger partial charge in [0.15, 0.2) is 0 Å². The molecule has 3 rings (SSSR count). The molecule has 1 aliphatic carbocycles. The second-order valence-corrected chi connectivity index (χ2v) is 4.37. The molecule has 0 atom stereocenters. The Morgan fingerprint density at radius 3 is 2.78 bits per heavy atom. The van der Waals surface area contributed by atoms with Crippen molar-refractivity contribution < 1.29 is 9.26 Å². The van der Waals surface area contributed by atoms with E-state index < -0.39 is 0 Å². The van der Waals surface area contributed by atoms with Gasteiger partial charge in [-0.1, -0.05) is 5.16 Å². The van der Waals surface area contributed by atoms with E-state index in [1.165, 1.54) is 7.11 Å². The molecule has 94 valence electrons. The summed E-state index contributed by atoms with van der Waals surface area (Å²) >= 11 is 0. The van der Waals surface area contributed by atoms with Gasteiger partial charge in [-0.2, -0.15) is 4.98 Å². The van der Waals surface area contributed by atoms with Crippen molar-refractivity contribution in [1.82, 2.24) is 20.3 Å². The van der Waals surface area contributed by atoms with Gasteiger partial charge in [0.25, 0.3) is 0 Å². The molecule has 0 spiro atoms. The van der Waals surface area contributed by atoms with Crippen LogP contribution in [-0.2, 0) is 5.41 Å². The molecule has 0 radical (unpaired) electrons. The number of rotatable bonds is 4. The molecular weight excluding hydrogens is 234 g/mol. The SMILES string of the molecule is COc1ccc(-c2noc(C3(CN)CC3)n2)nn1. The van der Waals surface area contributed by atoms with E-state index in [4.69, 9.17) is 15.0 Å². The van der Waals surface area contributed by atoms with Crippen molar-refractivity contribution >= 4 is 0 Å². The number of nitrogens with two attached hydrogens (primary N) is 1. The number of aromatic nitrogens is 4. The summed E-state index contributed by atoms with van der Waals surface area (Å²) in [5, 5.41) is 11.7. The van der Waals surface area contributed by atoms with Gasteiger partial charge in [-0.05, 0) is 18.9 Å². The minimum Gasteiger partial charge on any atom is -0.480 e. The first-order valence-electron chi connectivity index (χ1n) is 5.70. The predicted octanol–water partition coefficient (Wildman–Crippen LogP) is 0.525. The van der Waals surface area contributed by atoms with E-state index in [-0.39, 0.29) is 5.41 Å². The van der Waals surface area contributed by atoms with Crippen molar-refractivity contribution in [3.05, 3.63) is 18.0 Å². The van der Waals surface area contributed by atoms with Crippen LogP contribution >= 0.6 is 0 Å². The predicted molar refractivity (Wildman–Crippen MR) is 61.8 cm³/mol. The van der Waals surface area contributed by atoms with Crippen molar-refractivity contribution in [3.63, 3.8) is 0 Å². The molecule has 0 unspecified atom stereocenters. The second kappa shape index (κ2) is 4.02. The third-order valence-electron chi connectivity index (χ3n) is 3.20. The lowest BCUT2D eigenvalue weighted by molar-refractivity contribution is 0.347. The smallest absolute Gasteiger partial charge is 0.234 e. The molecule has 0 aromatic carbocycles. The summed E-state index contributed by atoms with van der Waals surface area (Å²) in [6, 6.07) is 3.44. The van der Waals surface area contributed by atoms with Crippen molar-refractivity contribution in [3.8, 4) is 17.4 Å². The van der Waals surface area contributed by atoms with Gasteiger partial charge in [0.05, 0.1) is 12.5 Å². The number of ether oxygens (including phenoxy) is 1. The van der Waals surface area contributed by atoms with Crippen LogP contribution in [0.15, 0.2) is 16.7 Å². The summed E-state index contributed by atoms with van der Waals surface area (Å²) in [6.07, 6.45) is 2.00. The summed E-state index contributed by atoms with van der Waals surface area (Å²) in [5.74, 6) is 1.47. The molecule has 0 amide bonds. The van der Waals surface area contributed by atoms with Crippen LogP contribution in [0.1, 0.15) is 18.7 Å². The summed E-state index contributed by atoms with van der Waals surface area (Å²) in [7, 11) is 1.54. The van der Waals surface area contributed by atoms with Crippen molar-refractivity contribution in [2.45, 2.75) is 18.3 Å². The Bertz CT molecular complexity index is 547. The Kier molecular flexibility index (Phi) is 2.48. The lowest BCUT2D eigenvalue weighted by Crippen LogP contribution is -2.19. The average Bonchev–Trinajstić information content (AvgIpc) is 3.08. The lowest BCUT2D eigenvalue weighted by atomic mass is 10.1. The van der Waals surface area contributed by atoms with E-state index in [0.717, 1.165) is 12.8 Å². The van der Waals surface area contributed by atoms with Gasteiger partial charge >= 0.3 is 0 Å². The Morgan fingerprint density at radius 2 is 2.22 bits per heavy atom. The van der Waals surface area contributed by atoms with Crippen LogP contribution in [0, 0.1) is 0 Å². The average molecular weight is 247 g/mol. The highest BCUT2D eigenvalue weighted by atomic mass is 16.5. The molecule has 1 fully saturated rings. The van der Waals surface area contributed by atoms with Crippen LogP contribution in [0.2, 0.25) is 0 Å². The Hall–Kier alpha value is -2.02. The summed E-state index contributed by atoms with van der Waals surface area (Å²) in [4.78, 5) is 4.34. The van der Waals surface area contributed by atoms with Crippen LogP contribution in [0.4, 0.5) is 0 Å². The number of nitrogens with zero attached hydrogens (tertiary/aromatic N) is 4. The molecule has 1 aliphatic rings. The van der Waals surface area contributed by atoms with Gasteiger partial charge in [0, 0.05) is 12.6 Å². The molecule has 0 bridgehead atoms. The molecule has 18 heavy (non-hydrogen) atoms. The first-order chi connectivity index (χ1) is 8.77. The minimum absolute atomic E-state index is 0.106. The first-order valence-corrected chi connectivity index (χ1v) is 5.70. The molecule has 2 N–H and O–H groups in total. The number of hydrogen-bond donors (Lipinski definition) is 1. The zero-order chi connectivity index (χ0) is 12.6. The standard InChI is InChI=1S/C11H13N5O2/c1-17-8-3-2-7(14-15-8)9-13-10(18-16-9)11(6-12)4-5-11/h2-3H,4-6,12H2,1H3. The maximum Gasteiger partial charge on any atom is 0.234 e. The molecule has 1 saturated carbocycles. The molecule has 2 aromatic heterocycles. The lowest BCUT2D eigenvalue weighted by Gasteiger charge is -2.03. The van der Waals surface area contributed by atoms with E-state index in [1.54, 1.807) is 12.1 Å². The van der Waals surface area contributed by atoms with Gasteiger partial charge in [-0.25, -0.2) is 0 Å². The van der Waals surface area contributed by atoms with Crippen LogP contribution in [0.3, 0.4) is 0 Å². The Labute approximate surface area is 103 Å². The summed E-state index contributed by atoms with van der Waals surface area (Å²) in [5.41, 5.74) is 6.16. The van der Waals surface area contributed by atoms with E-state index in [9.17, 15) is 0 Å². The molecule has 0 aliphatic heterocycles. The zero-order valence-corrected chi connectivity index (χ0v) is 9.96. The topological polar surface area (TPSA) is 100.0 Å². The molecule has 2 heterocycles. The Balaban J connectivity index is 1.88. The van der Waals surface area contributed by atoms with Gasteiger partial charge in [-0.15, -0.1) is 10.2 Å². The summed E-state index contributed by atoms with van der Waals surface area (Å²) in [6.45, 7) is 0.531. The molecule has 7 heteroatoms. The van der Waals surface area contributed by atoms with Gasteiger partial charge in [0.1, 0.15) is 5.69 Å². The third kappa shape index (κ3) is 1.72. The molecular formula is C11H13N5O2. The fourth-order valence-electron chi connectivity index (χ4n) is 1.75. The third-order valence-corrected chi connectivity index (χ3v) is 3.20. The van der Waals surface area contributed by atoms with Crippen LogP contribution in [0.25, 0.3) is 11.5 Å². The van der Waals surface area contributed by atoms with E-state index in [2.05, 4.69) is 20.3 Å². The van der Waals surface area contributed by atoms with Gasteiger partial charge in [0.2, 0.25) is 17.6 Å². The van der Waals surface area contributed by atoms with Crippen molar-refractivity contribution in [2.75, 3.05) is 13.7 Å². The van der Waals surface area contributed by atoms with Gasteiger partial charge < -0.3 is 15.0 Å². The summed E-state index contributed by atoms with van der Waals surface area (Å²) < 4.78 is 10.2. The Morgan fingerprint density at radius 1 is 1.39 bits per heavy atom. The quantitative estimate of drug-likeness (QED) is 0.840. The molecule has 7 nitrogen and oxygen atoms in total. The van der Waals surface area contributed by atoms with E-state index in [1.807, 2.05) is 0 Å². The zero-order valence-electron chi connectivity index (χ0n) is 9.96. The highest BCUT2D eigenvalue weighted by Gasteiger charge is 2.48. The largest absolute Gasteiger partial charge is 0.480 e. The second-order valence-electron chi connectivity index (χ2n) is 4.37. The van der Waals surface area contributed by atoms with E-state index in [0.29, 0.717) is 29.8 Å². The highest BCUT2D eigenvalue weighted by molar-refractivity contribution is 5.47. The normalized spacial score (nSPS) is 16.6. The first kappa shape index (κ1) is 11.1.